The molecule has 4 heteroatoms. The van der Waals surface area contributed by atoms with Gasteiger partial charge in [-0.15, -0.1) is 11.3 Å². The number of imidazole rings is 1. The fourth-order valence-corrected chi connectivity index (χ4v) is 3.91. The average molecular weight is 307 g/mol. The molecule has 0 fully saturated rings. The number of fused-ring (bicyclic) bond motifs is 2. The Bertz CT molecular complexity index is 979. The lowest BCUT2D eigenvalue weighted by molar-refractivity contribution is 0.814. The number of rotatable bonds is 2. The van der Waals surface area contributed by atoms with E-state index in [2.05, 4.69) is 66.1 Å². The summed E-state index contributed by atoms with van der Waals surface area (Å²) in [6.45, 7) is 4.35. The highest BCUT2D eigenvalue weighted by Crippen LogP contribution is 2.33. The SMILES string of the molecule is CC(C)c1csc2nc(-c3ccc4ccccc4c3)c(N)n12. The summed E-state index contributed by atoms with van der Waals surface area (Å²) in [4.78, 5) is 5.71. The topological polar surface area (TPSA) is 43.3 Å². The predicted molar refractivity (Wildman–Crippen MR) is 94.5 cm³/mol. The van der Waals surface area contributed by atoms with Gasteiger partial charge >= 0.3 is 0 Å². The van der Waals surface area contributed by atoms with Crippen LogP contribution in [0.3, 0.4) is 0 Å². The molecular formula is C18H17N3S. The van der Waals surface area contributed by atoms with Crippen molar-refractivity contribution < 1.29 is 0 Å². The number of nitrogen functional groups attached to an aromatic ring is 1. The van der Waals surface area contributed by atoms with E-state index >= 15 is 0 Å². The molecular weight excluding hydrogens is 290 g/mol. The van der Waals surface area contributed by atoms with Crippen LogP contribution in [0.25, 0.3) is 27.0 Å². The van der Waals surface area contributed by atoms with E-state index in [1.54, 1.807) is 11.3 Å². The van der Waals surface area contributed by atoms with Crippen LogP contribution in [0.15, 0.2) is 47.8 Å². The van der Waals surface area contributed by atoms with Crippen LogP contribution in [0.2, 0.25) is 0 Å². The van der Waals surface area contributed by atoms with Crippen molar-refractivity contribution in [3.63, 3.8) is 0 Å². The largest absolute Gasteiger partial charge is 0.383 e. The standard InChI is InChI=1S/C18H17N3S/c1-11(2)15-10-22-18-20-16(17(19)21(15)18)14-8-7-12-5-3-4-6-13(12)9-14/h3-11H,19H2,1-2H3. The molecule has 0 saturated heterocycles. The predicted octanol–water partition coefficient (Wildman–Crippen LogP) is 4.92. The van der Waals surface area contributed by atoms with Crippen LogP contribution < -0.4 is 5.73 Å². The van der Waals surface area contributed by atoms with Crippen LogP contribution >= 0.6 is 11.3 Å². The third-order valence-electron chi connectivity index (χ3n) is 4.04. The van der Waals surface area contributed by atoms with Gasteiger partial charge < -0.3 is 5.73 Å². The number of benzene rings is 2. The van der Waals surface area contributed by atoms with Crippen molar-refractivity contribution in [2.24, 2.45) is 0 Å². The molecule has 110 valence electrons. The Morgan fingerprint density at radius 3 is 2.64 bits per heavy atom. The Labute approximate surface area is 133 Å². The van der Waals surface area contributed by atoms with Crippen molar-refractivity contribution in [2.45, 2.75) is 19.8 Å². The molecule has 0 aliphatic heterocycles. The Morgan fingerprint density at radius 1 is 1.09 bits per heavy atom. The molecule has 0 bridgehead atoms. The van der Waals surface area contributed by atoms with Crippen LogP contribution in [0, 0.1) is 0 Å². The van der Waals surface area contributed by atoms with Crippen molar-refractivity contribution in [3.05, 3.63) is 53.5 Å². The average Bonchev–Trinajstić information content (AvgIpc) is 3.07. The summed E-state index contributed by atoms with van der Waals surface area (Å²) in [5.41, 5.74) is 9.57. The van der Waals surface area contributed by atoms with Gasteiger partial charge in [-0.25, -0.2) is 4.98 Å². The van der Waals surface area contributed by atoms with Crippen molar-refractivity contribution in [1.82, 2.24) is 9.38 Å². The van der Waals surface area contributed by atoms with Crippen LogP contribution in [0.4, 0.5) is 5.82 Å². The number of anilines is 1. The normalized spacial score (nSPS) is 11.8. The van der Waals surface area contributed by atoms with E-state index in [-0.39, 0.29) is 0 Å². The van der Waals surface area contributed by atoms with Gasteiger partial charge in [-0.2, -0.15) is 0 Å². The van der Waals surface area contributed by atoms with E-state index in [1.165, 1.54) is 16.5 Å². The van der Waals surface area contributed by atoms with Gasteiger partial charge in [-0.3, -0.25) is 4.40 Å². The lowest BCUT2D eigenvalue weighted by Gasteiger charge is -2.06. The maximum Gasteiger partial charge on any atom is 0.196 e. The van der Waals surface area contributed by atoms with E-state index in [0.717, 1.165) is 22.0 Å². The number of hydrogen-bond acceptors (Lipinski definition) is 3. The van der Waals surface area contributed by atoms with Gasteiger partial charge in [-0.1, -0.05) is 50.2 Å². The third kappa shape index (κ3) is 1.91. The van der Waals surface area contributed by atoms with E-state index in [0.29, 0.717) is 5.92 Å². The number of aromatic nitrogens is 2. The first kappa shape index (κ1) is 13.3. The maximum atomic E-state index is 6.41. The van der Waals surface area contributed by atoms with Crippen LogP contribution in [0.1, 0.15) is 25.5 Å². The van der Waals surface area contributed by atoms with E-state index in [4.69, 9.17) is 10.7 Å². The quantitative estimate of drug-likeness (QED) is 0.571. The minimum Gasteiger partial charge on any atom is -0.383 e. The monoisotopic (exact) mass is 307 g/mol. The minimum atomic E-state index is 0.426. The molecule has 2 aromatic carbocycles. The second-order valence-electron chi connectivity index (χ2n) is 5.84. The van der Waals surface area contributed by atoms with Crippen LogP contribution in [-0.2, 0) is 0 Å². The van der Waals surface area contributed by atoms with Crippen molar-refractivity contribution >= 4 is 32.9 Å². The highest BCUT2D eigenvalue weighted by molar-refractivity contribution is 7.15. The second-order valence-corrected chi connectivity index (χ2v) is 6.68. The molecule has 2 aromatic heterocycles. The van der Waals surface area contributed by atoms with Gasteiger partial charge in [0.2, 0.25) is 0 Å². The van der Waals surface area contributed by atoms with E-state index in [1.807, 2.05) is 0 Å². The zero-order valence-electron chi connectivity index (χ0n) is 12.6. The van der Waals surface area contributed by atoms with Crippen molar-refractivity contribution in [1.29, 1.82) is 0 Å². The molecule has 0 saturated carbocycles. The summed E-state index contributed by atoms with van der Waals surface area (Å²) in [6.07, 6.45) is 0. The van der Waals surface area contributed by atoms with Gasteiger partial charge in [0.05, 0.1) is 0 Å². The van der Waals surface area contributed by atoms with Gasteiger partial charge in [-0.05, 0) is 22.8 Å². The molecule has 0 aliphatic carbocycles. The van der Waals surface area contributed by atoms with Gasteiger partial charge in [0.1, 0.15) is 11.5 Å². The van der Waals surface area contributed by atoms with Crippen LogP contribution in [-0.4, -0.2) is 9.38 Å². The molecule has 4 rings (SSSR count). The summed E-state index contributed by atoms with van der Waals surface area (Å²) < 4.78 is 2.08. The number of nitrogens with two attached hydrogens (primary N) is 1. The summed E-state index contributed by atoms with van der Waals surface area (Å²) in [6, 6.07) is 14.7. The second kappa shape index (κ2) is 4.85. The summed E-state index contributed by atoms with van der Waals surface area (Å²) >= 11 is 1.65. The van der Waals surface area contributed by atoms with Crippen molar-refractivity contribution in [3.8, 4) is 11.3 Å². The molecule has 3 nitrogen and oxygen atoms in total. The Hall–Kier alpha value is -2.33. The fourth-order valence-electron chi connectivity index (χ4n) is 2.85. The molecule has 0 amide bonds. The Morgan fingerprint density at radius 2 is 1.86 bits per heavy atom. The minimum absolute atomic E-state index is 0.426. The molecule has 0 spiro atoms. The summed E-state index contributed by atoms with van der Waals surface area (Å²) in [5, 5.41) is 4.58. The summed E-state index contributed by atoms with van der Waals surface area (Å²) in [7, 11) is 0. The van der Waals surface area contributed by atoms with Gasteiger partial charge in [0.15, 0.2) is 4.96 Å². The lowest BCUT2D eigenvalue weighted by atomic mass is 10.1. The summed E-state index contributed by atoms with van der Waals surface area (Å²) in [5.74, 6) is 1.16. The van der Waals surface area contributed by atoms with E-state index in [9.17, 15) is 0 Å². The first-order chi connectivity index (χ1) is 10.6. The van der Waals surface area contributed by atoms with E-state index < -0.39 is 0 Å². The van der Waals surface area contributed by atoms with Crippen molar-refractivity contribution in [2.75, 3.05) is 5.73 Å². The zero-order chi connectivity index (χ0) is 15.3. The molecule has 0 radical (unpaired) electrons. The first-order valence-corrected chi connectivity index (χ1v) is 8.27. The molecule has 22 heavy (non-hydrogen) atoms. The lowest BCUT2D eigenvalue weighted by Crippen LogP contribution is -1.99. The molecule has 0 aliphatic rings. The maximum absolute atomic E-state index is 6.41. The Balaban J connectivity index is 1.94. The molecule has 2 heterocycles. The number of thiazole rings is 1. The molecule has 2 N–H and O–H groups in total. The van der Waals surface area contributed by atoms with Gasteiger partial charge in [0, 0.05) is 16.6 Å². The highest BCUT2D eigenvalue weighted by Gasteiger charge is 2.17. The smallest absolute Gasteiger partial charge is 0.196 e. The third-order valence-corrected chi connectivity index (χ3v) is 4.88. The highest BCUT2D eigenvalue weighted by atomic mass is 32.1. The van der Waals surface area contributed by atoms with Crippen LogP contribution in [0.5, 0.6) is 0 Å². The fraction of sp³-hybridized carbons (Fsp3) is 0.167. The van der Waals surface area contributed by atoms with Gasteiger partial charge in [0.25, 0.3) is 0 Å². The Kier molecular flexibility index (Phi) is 2.94. The molecule has 0 unspecified atom stereocenters. The number of hydrogen-bond donors (Lipinski definition) is 1. The zero-order valence-corrected chi connectivity index (χ0v) is 13.4. The molecule has 4 aromatic rings. The first-order valence-electron chi connectivity index (χ1n) is 7.39. The molecule has 0 atom stereocenters. The number of nitrogens with zero attached hydrogens (tertiary/aromatic N) is 2.